The maximum Gasteiger partial charge on any atom is 0.410 e. The second-order valence-electron chi connectivity index (χ2n) is 7.95. The number of aromatic amines is 1. The maximum absolute atomic E-state index is 13.3. The molecule has 0 radical (unpaired) electrons. The number of likely N-dealkylation sites (tertiary alicyclic amines) is 1. The quantitative estimate of drug-likeness (QED) is 0.867. The zero-order valence-electron chi connectivity index (χ0n) is 15.8. The predicted octanol–water partition coefficient (Wildman–Crippen LogP) is 4.65. The van der Waals surface area contributed by atoms with Crippen molar-refractivity contribution in [3.63, 3.8) is 0 Å². The number of hydrogen-bond acceptors (Lipinski definition) is 3. The van der Waals surface area contributed by atoms with Gasteiger partial charge in [0.05, 0.1) is 24.6 Å². The number of nitrogens with one attached hydrogen (secondary N) is 1. The van der Waals surface area contributed by atoms with Gasteiger partial charge in [0.2, 0.25) is 0 Å². The van der Waals surface area contributed by atoms with Crippen LogP contribution < -0.4 is 0 Å². The fraction of sp³-hybridized carbons (Fsp3) is 0.500. The van der Waals surface area contributed by atoms with Crippen molar-refractivity contribution in [1.29, 1.82) is 0 Å². The number of rotatable bonds is 3. The Labute approximate surface area is 153 Å². The van der Waals surface area contributed by atoms with Gasteiger partial charge in [-0.2, -0.15) is 0 Å². The van der Waals surface area contributed by atoms with E-state index < -0.39 is 18.4 Å². The number of alkyl halides is 1. The topological polar surface area (TPSA) is 58.2 Å². The summed E-state index contributed by atoms with van der Waals surface area (Å²) >= 11 is 0. The van der Waals surface area contributed by atoms with Crippen molar-refractivity contribution in [2.24, 2.45) is 5.92 Å². The molecule has 1 saturated heterocycles. The van der Waals surface area contributed by atoms with Crippen LogP contribution in [0, 0.1) is 12.8 Å². The highest BCUT2D eigenvalue weighted by atomic mass is 19.1. The van der Waals surface area contributed by atoms with Crippen LogP contribution in [-0.2, 0) is 4.74 Å². The van der Waals surface area contributed by atoms with E-state index in [1.165, 1.54) is 5.56 Å². The summed E-state index contributed by atoms with van der Waals surface area (Å²) in [5.74, 6) is 0.475. The predicted molar refractivity (Wildman–Crippen MR) is 98.5 cm³/mol. The number of hydrogen-bond donors (Lipinski definition) is 1. The molecule has 2 aromatic rings. The molecule has 2 heterocycles. The van der Waals surface area contributed by atoms with Crippen LogP contribution in [0.4, 0.5) is 9.18 Å². The van der Waals surface area contributed by atoms with Gasteiger partial charge in [-0.15, -0.1) is 0 Å². The first-order valence-corrected chi connectivity index (χ1v) is 8.94. The fourth-order valence-electron chi connectivity index (χ4n) is 3.20. The Morgan fingerprint density at radius 1 is 1.35 bits per heavy atom. The van der Waals surface area contributed by atoms with Crippen LogP contribution >= 0.6 is 0 Å². The number of aryl methyl sites for hydroxylation is 1. The lowest BCUT2D eigenvalue weighted by atomic mass is 10.1. The number of nitrogens with zero attached hydrogens (tertiary/aromatic N) is 2. The number of aromatic nitrogens is 2. The number of H-pyrrole nitrogens is 1. The first kappa shape index (κ1) is 18.4. The molecule has 5 nitrogen and oxygen atoms in total. The summed E-state index contributed by atoms with van der Waals surface area (Å²) in [6.07, 6.45) is 1.87. The molecule has 1 N–H and O–H groups in total. The van der Waals surface area contributed by atoms with Gasteiger partial charge < -0.3 is 9.72 Å². The van der Waals surface area contributed by atoms with Crippen molar-refractivity contribution in [2.45, 2.75) is 45.8 Å². The molecule has 26 heavy (non-hydrogen) atoms. The molecule has 0 aliphatic carbocycles. The van der Waals surface area contributed by atoms with Gasteiger partial charge in [-0.25, -0.2) is 9.78 Å². The van der Waals surface area contributed by atoms with E-state index in [0.717, 1.165) is 11.3 Å². The zero-order valence-corrected chi connectivity index (χ0v) is 15.8. The second-order valence-corrected chi connectivity index (χ2v) is 7.95. The third-order valence-electron chi connectivity index (χ3n) is 4.51. The molecule has 2 atom stereocenters. The van der Waals surface area contributed by atoms with Crippen molar-refractivity contribution < 1.29 is 13.9 Å². The minimum Gasteiger partial charge on any atom is -0.444 e. The summed E-state index contributed by atoms with van der Waals surface area (Å²) in [6, 6.07) is 7.83. The molecular weight excluding hydrogens is 333 g/mol. The Kier molecular flexibility index (Phi) is 5.03. The lowest BCUT2D eigenvalue weighted by Gasteiger charge is -2.27. The highest BCUT2D eigenvalue weighted by Crippen LogP contribution is 2.36. The van der Waals surface area contributed by atoms with E-state index in [0.29, 0.717) is 18.8 Å². The summed E-state index contributed by atoms with van der Waals surface area (Å²) in [6.45, 7) is 7.40. The Morgan fingerprint density at radius 2 is 2.04 bits per heavy atom. The van der Waals surface area contributed by atoms with Crippen LogP contribution in [0.2, 0.25) is 0 Å². The number of imidazole rings is 1. The molecule has 6 heteroatoms. The summed E-state index contributed by atoms with van der Waals surface area (Å²) in [7, 11) is 0. The highest BCUT2D eigenvalue weighted by molar-refractivity contribution is 5.69. The van der Waals surface area contributed by atoms with Crippen molar-refractivity contribution in [3.8, 4) is 11.3 Å². The van der Waals surface area contributed by atoms with Crippen molar-refractivity contribution in [3.05, 3.63) is 41.9 Å². The minimum atomic E-state index is -0.592. The van der Waals surface area contributed by atoms with E-state index in [2.05, 4.69) is 9.97 Å². The summed E-state index contributed by atoms with van der Waals surface area (Å²) in [5, 5.41) is 0. The van der Waals surface area contributed by atoms with Gasteiger partial charge in [0.15, 0.2) is 0 Å². The van der Waals surface area contributed by atoms with Gasteiger partial charge in [0.1, 0.15) is 11.4 Å². The van der Waals surface area contributed by atoms with E-state index in [4.69, 9.17) is 4.74 Å². The Balaban J connectivity index is 1.83. The van der Waals surface area contributed by atoms with E-state index >= 15 is 0 Å². The molecule has 1 amide bonds. The Hall–Kier alpha value is -2.37. The normalized spacial score (nSPS) is 20.4. The van der Waals surface area contributed by atoms with E-state index in [-0.39, 0.29) is 12.0 Å². The standard InChI is InChI=1S/C20H26FN3O2/c1-13-5-7-15(8-6-13)16-11-22-18(23-16)17-9-14(10-21)12-24(17)19(25)26-20(2,3)4/h5-8,11,14,17H,9-10,12H2,1-4H3,(H,22,23)/t14-,17-/m0/s1. The van der Waals surface area contributed by atoms with Crippen LogP contribution in [-0.4, -0.2) is 39.8 Å². The average molecular weight is 359 g/mol. The Bertz CT molecular complexity index is 764. The van der Waals surface area contributed by atoms with Crippen LogP contribution in [0.25, 0.3) is 11.3 Å². The van der Waals surface area contributed by atoms with Crippen LogP contribution in [0.5, 0.6) is 0 Å². The van der Waals surface area contributed by atoms with Gasteiger partial charge in [-0.05, 0) is 39.7 Å². The number of carbonyl (C=O) groups excluding carboxylic acids is 1. The third-order valence-corrected chi connectivity index (χ3v) is 4.51. The molecule has 140 valence electrons. The SMILES string of the molecule is Cc1ccc(-c2cnc([C@@H]3C[C@@H](CF)CN3C(=O)OC(C)(C)C)[nH]2)cc1. The largest absolute Gasteiger partial charge is 0.444 e. The first-order valence-electron chi connectivity index (χ1n) is 8.94. The molecule has 1 aliphatic heterocycles. The molecule has 1 fully saturated rings. The molecule has 3 rings (SSSR count). The van der Waals surface area contributed by atoms with E-state index in [1.54, 1.807) is 11.1 Å². The summed E-state index contributed by atoms with van der Waals surface area (Å²) in [5.41, 5.74) is 2.50. The number of halogens is 1. The second kappa shape index (κ2) is 7.09. The van der Waals surface area contributed by atoms with Crippen molar-refractivity contribution in [2.75, 3.05) is 13.2 Å². The van der Waals surface area contributed by atoms with Gasteiger partial charge in [0.25, 0.3) is 0 Å². The molecule has 1 aliphatic rings. The fourth-order valence-corrected chi connectivity index (χ4v) is 3.20. The number of benzene rings is 1. The maximum atomic E-state index is 13.3. The average Bonchev–Trinajstić information content (AvgIpc) is 3.20. The summed E-state index contributed by atoms with van der Waals surface area (Å²) < 4.78 is 18.8. The molecular formula is C20H26FN3O2. The zero-order chi connectivity index (χ0) is 18.9. The lowest BCUT2D eigenvalue weighted by molar-refractivity contribution is 0.0213. The van der Waals surface area contributed by atoms with Crippen molar-refractivity contribution in [1.82, 2.24) is 14.9 Å². The van der Waals surface area contributed by atoms with Crippen LogP contribution in [0.3, 0.4) is 0 Å². The number of amides is 1. The summed E-state index contributed by atoms with van der Waals surface area (Å²) in [4.78, 5) is 21.9. The van der Waals surface area contributed by atoms with Gasteiger partial charge in [0, 0.05) is 12.5 Å². The molecule has 0 bridgehead atoms. The third kappa shape index (κ3) is 4.06. The minimum absolute atomic E-state index is 0.194. The van der Waals surface area contributed by atoms with Gasteiger partial charge >= 0.3 is 6.09 Å². The molecule has 1 aromatic carbocycles. The smallest absolute Gasteiger partial charge is 0.410 e. The van der Waals surface area contributed by atoms with Crippen LogP contribution in [0.1, 0.15) is 44.6 Å². The van der Waals surface area contributed by atoms with Crippen molar-refractivity contribution >= 4 is 6.09 Å². The molecule has 0 spiro atoms. The van der Waals surface area contributed by atoms with E-state index in [1.807, 2.05) is 52.0 Å². The molecule has 0 unspecified atom stereocenters. The monoisotopic (exact) mass is 359 g/mol. The van der Waals surface area contributed by atoms with Gasteiger partial charge in [-0.1, -0.05) is 29.8 Å². The Morgan fingerprint density at radius 3 is 2.65 bits per heavy atom. The number of carbonyl (C=O) groups is 1. The van der Waals surface area contributed by atoms with Gasteiger partial charge in [-0.3, -0.25) is 9.29 Å². The molecule has 0 saturated carbocycles. The molecule has 1 aromatic heterocycles. The van der Waals surface area contributed by atoms with E-state index in [9.17, 15) is 9.18 Å². The first-order chi connectivity index (χ1) is 12.3. The van der Waals surface area contributed by atoms with Crippen LogP contribution in [0.15, 0.2) is 30.5 Å². The highest BCUT2D eigenvalue weighted by Gasteiger charge is 2.39. The number of ether oxygens (including phenoxy) is 1. The lowest BCUT2D eigenvalue weighted by Crippen LogP contribution is -2.37.